The average molecular weight is 348 g/mol. The average Bonchev–Trinajstić information content (AvgIpc) is 3.12. The van der Waals surface area contributed by atoms with Crippen LogP contribution in [0.3, 0.4) is 0 Å². The fraction of sp³-hybridized carbons (Fsp3) is 0.158. The lowest BCUT2D eigenvalue weighted by Gasteiger charge is -2.09. The maximum atomic E-state index is 5.47. The molecule has 5 nitrogen and oxygen atoms in total. The number of para-hydroxylation sites is 1. The maximum absolute atomic E-state index is 5.47. The van der Waals surface area contributed by atoms with Crippen molar-refractivity contribution in [2.24, 2.45) is 0 Å². The fourth-order valence-corrected chi connectivity index (χ4v) is 3.59. The molecule has 0 fully saturated rings. The van der Waals surface area contributed by atoms with E-state index in [2.05, 4.69) is 20.1 Å². The highest BCUT2D eigenvalue weighted by molar-refractivity contribution is 7.99. The van der Waals surface area contributed by atoms with Crippen molar-refractivity contribution in [2.75, 3.05) is 0 Å². The first-order valence-corrected chi connectivity index (χ1v) is 8.88. The molecule has 1 atom stereocenters. The smallest absolute Gasteiger partial charge is 0.240 e. The minimum atomic E-state index is -0.0114. The molecule has 4 rings (SSSR count). The van der Waals surface area contributed by atoms with Crippen LogP contribution in [0.15, 0.2) is 64.1 Å². The van der Waals surface area contributed by atoms with Gasteiger partial charge in [-0.2, -0.15) is 4.98 Å². The number of hydrogen-bond donors (Lipinski definition) is 0. The molecule has 0 radical (unpaired) electrons. The molecule has 2 aromatic heterocycles. The minimum absolute atomic E-state index is 0.0114. The van der Waals surface area contributed by atoms with Crippen molar-refractivity contribution < 1.29 is 4.52 Å². The topological polar surface area (TPSA) is 64.7 Å². The predicted octanol–water partition coefficient (Wildman–Crippen LogP) is 4.84. The summed E-state index contributed by atoms with van der Waals surface area (Å²) < 4.78 is 5.47. The SMILES string of the molecule is Cc1nc(SC(C)c2nc(-c3ccccc3)no2)c2ccccc2n1. The van der Waals surface area contributed by atoms with Gasteiger partial charge in [-0.15, -0.1) is 0 Å². The minimum Gasteiger partial charge on any atom is -0.338 e. The second-order valence-electron chi connectivity index (χ2n) is 5.68. The van der Waals surface area contributed by atoms with Gasteiger partial charge >= 0.3 is 0 Å². The molecule has 0 spiro atoms. The lowest BCUT2D eigenvalue weighted by Crippen LogP contribution is -1.95. The molecule has 25 heavy (non-hydrogen) atoms. The molecule has 0 aliphatic rings. The Morgan fingerprint density at radius 3 is 2.52 bits per heavy atom. The number of benzene rings is 2. The van der Waals surface area contributed by atoms with Crippen LogP contribution >= 0.6 is 11.8 Å². The van der Waals surface area contributed by atoms with Crippen LogP contribution in [-0.4, -0.2) is 20.1 Å². The highest BCUT2D eigenvalue weighted by Gasteiger charge is 2.18. The van der Waals surface area contributed by atoms with Crippen LogP contribution in [0.2, 0.25) is 0 Å². The number of thioether (sulfide) groups is 1. The quantitative estimate of drug-likeness (QED) is 0.388. The molecule has 0 saturated carbocycles. The highest BCUT2D eigenvalue weighted by atomic mass is 32.2. The van der Waals surface area contributed by atoms with Gasteiger partial charge in [0, 0.05) is 10.9 Å². The van der Waals surface area contributed by atoms with E-state index in [0.29, 0.717) is 11.7 Å². The summed E-state index contributed by atoms with van der Waals surface area (Å²) in [5.41, 5.74) is 1.89. The Hall–Kier alpha value is -2.73. The van der Waals surface area contributed by atoms with E-state index in [1.807, 2.05) is 68.4 Å². The third-order valence-corrected chi connectivity index (χ3v) is 4.88. The molecule has 4 aromatic rings. The van der Waals surface area contributed by atoms with Crippen LogP contribution in [0.5, 0.6) is 0 Å². The molecule has 124 valence electrons. The van der Waals surface area contributed by atoms with E-state index in [4.69, 9.17) is 4.52 Å². The van der Waals surface area contributed by atoms with Gasteiger partial charge in [0.05, 0.1) is 10.8 Å². The van der Waals surface area contributed by atoms with E-state index >= 15 is 0 Å². The first-order chi connectivity index (χ1) is 12.2. The Morgan fingerprint density at radius 1 is 0.920 bits per heavy atom. The molecule has 0 N–H and O–H groups in total. The molecular weight excluding hydrogens is 332 g/mol. The van der Waals surface area contributed by atoms with Gasteiger partial charge in [-0.3, -0.25) is 0 Å². The Labute approximate surface area is 149 Å². The number of fused-ring (bicyclic) bond motifs is 1. The van der Waals surface area contributed by atoms with Gasteiger partial charge in [0.15, 0.2) is 0 Å². The second-order valence-corrected chi connectivity index (χ2v) is 7.00. The lowest BCUT2D eigenvalue weighted by atomic mass is 10.2. The normalized spacial score (nSPS) is 12.4. The summed E-state index contributed by atoms with van der Waals surface area (Å²) in [6, 6.07) is 17.8. The van der Waals surface area contributed by atoms with Gasteiger partial charge in [-0.25, -0.2) is 9.97 Å². The summed E-state index contributed by atoms with van der Waals surface area (Å²) in [6.07, 6.45) is 0. The van der Waals surface area contributed by atoms with Crippen molar-refractivity contribution in [1.82, 2.24) is 20.1 Å². The number of aryl methyl sites for hydroxylation is 1. The molecule has 0 aliphatic carbocycles. The van der Waals surface area contributed by atoms with Gasteiger partial charge in [-0.1, -0.05) is 65.4 Å². The van der Waals surface area contributed by atoms with E-state index in [1.54, 1.807) is 11.8 Å². The van der Waals surface area contributed by atoms with Gasteiger partial charge in [0.2, 0.25) is 11.7 Å². The zero-order valence-corrected chi connectivity index (χ0v) is 14.7. The van der Waals surface area contributed by atoms with Gasteiger partial charge < -0.3 is 4.52 Å². The van der Waals surface area contributed by atoms with Crippen LogP contribution < -0.4 is 0 Å². The Morgan fingerprint density at radius 2 is 1.68 bits per heavy atom. The number of nitrogens with zero attached hydrogens (tertiary/aromatic N) is 4. The Bertz CT molecular complexity index is 1020. The second kappa shape index (κ2) is 6.64. The van der Waals surface area contributed by atoms with Crippen molar-refractivity contribution in [3.05, 3.63) is 66.3 Å². The molecule has 2 aromatic carbocycles. The van der Waals surface area contributed by atoms with E-state index in [9.17, 15) is 0 Å². The Balaban J connectivity index is 1.63. The van der Waals surface area contributed by atoms with E-state index < -0.39 is 0 Å². The standard InChI is InChI=1S/C19H16N4OS/c1-12(18-22-17(23-24-18)14-8-4-3-5-9-14)25-19-15-10-6-7-11-16(15)20-13(2)21-19/h3-12H,1-2H3. The number of aromatic nitrogens is 4. The van der Waals surface area contributed by atoms with Crippen LogP contribution in [0.1, 0.15) is 23.9 Å². The van der Waals surface area contributed by atoms with Crippen molar-refractivity contribution in [2.45, 2.75) is 24.1 Å². The van der Waals surface area contributed by atoms with Crippen molar-refractivity contribution in [3.8, 4) is 11.4 Å². The van der Waals surface area contributed by atoms with Gasteiger partial charge in [0.1, 0.15) is 10.9 Å². The largest absolute Gasteiger partial charge is 0.338 e. The van der Waals surface area contributed by atoms with Crippen LogP contribution in [0, 0.1) is 6.92 Å². The zero-order valence-electron chi connectivity index (χ0n) is 13.9. The van der Waals surface area contributed by atoms with Crippen molar-refractivity contribution >= 4 is 22.7 Å². The summed E-state index contributed by atoms with van der Waals surface area (Å²) >= 11 is 1.60. The molecule has 2 heterocycles. The predicted molar refractivity (Wildman–Crippen MR) is 98.3 cm³/mol. The summed E-state index contributed by atoms with van der Waals surface area (Å²) in [4.78, 5) is 13.6. The van der Waals surface area contributed by atoms with E-state index in [-0.39, 0.29) is 5.25 Å². The van der Waals surface area contributed by atoms with Crippen LogP contribution in [0.4, 0.5) is 0 Å². The number of rotatable bonds is 4. The summed E-state index contributed by atoms with van der Waals surface area (Å²) in [5.74, 6) is 1.94. The zero-order chi connectivity index (χ0) is 17.2. The highest BCUT2D eigenvalue weighted by Crippen LogP contribution is 2.36. The Kier molecular flexibility index (Phi) is 4.19. The third-order valence-electron chi connectivity index (χ3n) is 3.79. The summed E-state index contributed by atoms with van der Waals surface area (Å²) in [7, 11) is 0. The molecule has 0 saturated heterocycles. The van der Waals surface area contributed by atoms with Gasteiger partial charge in [-0.05, 0) is 19.9 Å². The maximum Gasteiger partial charge on any atom is 0.240 e. The summed E-state index contributed by atoms with van der Waals surface area (Å²) in [6.45, 7) is 3.94. The first kappa shape index (κ1) is 15.8. The lowest BCUT2D eigenvalue weighted by molar-refractivity contribution is 0.381. The molecule has 1 unspecified atom stereocenters. The molecule has 0 aliphatic heterocycles. The summed E-state index contributed by atoms with van der Waals surface area (Å²) in [5, 5.41) is 6.05. The molecular formula is C19H16N4OS. The monoisotopic (exact) mass is 348 g/mol. The fourth-order valence-electron chi connectivity index (χ4n) is 2.57. The third kappa shape index (κ3) is 3.25. The van der Waals surface area contributed by atoms with E-state index in [0.717, 1.165) is 27.3 Å². The number of hydrogen-bond acceptors (Lipinski definition) is 6. The molecule has 6 heteroatoms. The molecule has 0 amide bonds. The molecule has 0 bridgehead atoms. The van der Waals surface area contributed by atoms with E-state index in [1.165, 1.54) is 0 Å². The van der Waals surface area contributed by atoms with Crippen LogP contribution in [0.25, 0.3) is 22.3 Å². The van der Waals surface area contributed by atoms with Crippen molar-refractivity contribution in [3.63, 3.8) is 0 Å². The van der Waals surface area contributed by atoms with Crippen molar-refractivity contribution in [1.29, 1.82) is 0 Å². The van der Waals surface area contributed by atoms with Gasteiger partial charge in [0.25, 0.3) is 0 Å². The van der Waals surface area contributed by atoms with Crippen LogP contribution in [-0.2, 0) is 0 Å². The first-order valence-electron chi connectivity index (χ1n) is 8.00.